The third kappa shape index (κ3) is 8.06. The Kier molecular flexibility index (Phi) is 9.28. The molecule has 0 amide bonds. The summed E-state index contributed by atoms with van der Waals surface area (Å²) in [5, 5.41) is 8.52. The van der Waals surface area contributed by atoms with Crippen LogP contribution in [0.25, 0.3) is 0 Å². The van der Waals surface area contributed by atoms with Crippen LogP contribution in [0.5, 0.6) is 0 Å². The van der Waals surface area contributed by atoms with E-state index in [-0.39, 0.29) is 17.5 Å². The number of nitrogens with two attached hydrogens (primary N) is 1. The fraction of sp³-hybridized carbons (Fsp3) is 0.333. The number of hydrogen-bond acceptors (Lipinski definition) is 3. The molecule has 0 aliphatic rings. The predicted molar refractivity (Wildman–Crippen MR) is 72.2 cm³/mol. The molecule has 6 heteroatoms. The van der Waals surface area contributed by atoms with Crippen molar-refractivity contribution in [2.75, 3.05) is 11.8 Å². The lowest BCUT2D eigenvalue weighted by Gasteiger charge is -2.04. The van der Waals surface area contributed by atoms with Gasteiger partial charge in [0.25, 0.3) is 0 Å². The van der Waals surface area contributed by atoms with Crippen molar-refractivity contribution in [3.8, 4) is 0 Å². The van der Waals surface area contributed by atoms with Crippen LogP contribution in [0.3, 0.4) is 0 Å². The monoisotopic (exact) mass is 291 g/mol. The topological polar surface area (TPSA) is 80.4 Å². The molecule has 100 valence electrons. The first kappa shape index (κ1) is 16.9. The molecule has 0 saturated heterocycles. The molecular weight excluding hydrogens is 277 g/mol. The number of carbonyl (C=O) groups excluding carboxylic acids is 1. The average molecular weight is 292 g/mol. The van der Waals surface area contributed by atoms with Gasteiger partial charge in [-0.2, -0.15) is 0 Å². The lowest BCUT2D eigenvalue weighted by Crippen LogP contribution is -2.32. The molecule has 0 radical (unpaired) electrons. The van der Waals surface area contributed by atoms with Crippen LogP contribution in [-0.4, -0.2) is 34.7 Å². The summed E-state index contributed by atoms with van der Waals surface area (Å²) in [4.78, 5) is 20.3. The van der Waals surface area contributed by atoms with E-state index >= 15 is 0 Å². The molecule has 0 aliphatic carbocycles. The maximum absolute atomic E-state index is 10.4. The second-order valence-corrected chi connectivity index (χ2v) is 3.97. The summed E-state index contributed by atoms with van der Waals surface area (Å²) in [6.07, 6.45) is 0.385. The highest BCUT2D eigenvalue weighted by molar-refractivity contribution is 6.35. The van der Waals surface area contributed by atoms with Crippen LogP contribution < -0.4 is 5.73 Å². The number of halogens is 2. The Morgan fingerprint density at radius 3 is 2.00 bits per heavy atom. The molecule has 18 heavy (non-hydrogen) atoms. The standard InChI is InChI=1S/C9H11NO2.C3H4Cl2O/c10-8(9(11)12)6-7-4-2-1-3-5-7;4-1-3(6)2-5/h1-5,8H,6,10H2,(H,11,12);1-2H2. The van der Waals surface area contributed by atoms with Gasteiger partial charge in [0.05, 0.1) is 11.8 Å². The van der Waals surface area contributed by atoms with E-state index in [1.54, 1.807) is 0 Å². The smallest absolute Gasteiger partial charge is 0.320 e. The quantitative estimate of drug-likeness (QED) is 0.809. The summed E-state index contributed by atoms with van der Waals surface area (Å²) in [5.41, 5.74) is 6.30. The predicted octanol–water partition coefficient (Wildman–Crippen LogP) is 1.67. The van der Waals surface area contributed by atoms with Gasteiger partial charge in [-0.25, -0.2) is 0 Å². The summed E-state index contributed by atoms with van der Waals surface area (Å²) >= 11 is 10.0. The number of carbonyl (C=O) groups is 2. The molecule has 0 bridgehead atoms. The van der Waals surface area contributed by atoms with Gasteiger partial charge >= 0.3 is 5.97 Å². The molecule has 0 saturated carbocycles. The zero-order valence-electron chi connectivity index (χ0n) is 9.68. The molecule has 0 spiro atoms. The molecule has 4 nitrogen and oxygen atoms in total. The Morgan fingerprint density at radius 2 is 1.67 bits per heavy atom. The lowest BCUT2D eigenvalue weighted by atomic mass is 10.1. The third-order valence-electron chi connectivity index (χ3n) is 1.91. The summed E-state index contributed by atoms with van der Waals surface area (Å²) in [5.74, 6) is -1.02. The molecule has 1 unspecified atom stereocenters. The van der Waals surface area contributed by atoms with Gasteiger partial charge in [-0.05, 0) is 12.0 Å². The number of alkyl halides is 2. The van der Waals surface area contributed by atoms with E-state index in [1.165, 1.54) is 0 Å². The summed E-state index contributed by atoms with van der Waals surface area (Å²) in [7, 11) is 0. The van der Waals surface area contributed by atoms with Crippen molar-refractivity contribution >= 4 is 35.0 Å². The van der Waals surface area contributed by atoms with Crippen LogP contribution in [-0.2, 0) is 16.0 Å². The normalized spacial score (nSPS) is 11.1. The fourth-order valence-electron chi connectivity index (χ4n) is 0.991. The Labute approximate surface area is 116 Å². The molecule has 1 rings (SSSR count). The van der Waals surface area contributed by atoms with E-state index in [1.807, 2.05) is 30.3 Å². The third-order valence-corrected chi connectivity index (χ3v) is 2.51. The number of hydrogen-bond donors (Lipinski definition) is 2. The number of carboxylic acids is 1. The van der Waals surface area contributed by atoms with Gasteiger partial charge in [-0.1, -0.05) is 30.3 Å². The van der Waals surface area contributed by atoms with Crippen molar-refractivity contribution in [2.45, 2.75) is 12.5 Å². The molecule has 3 N–H and O–H groups in total. The summed E-state index contributed by atoms with van der Waals surface area (Å²) in [6, 6.07) is 8.54. The van der Waals surface area contributed by atoms with Gasteiger partial charge in [0.2, 0.25) is 0 Å². The van der Waals surface area contributed by atoms with Crippen molar-refractivity contribution in [3.05, 3.63) is 35.9 Å². The Hall–Kier alpha value is -1.10. The Bertz CT molecular complexity index is 365. The zero-order chi connectivity index (χ0) is 14.0. The van der Waals surface area contributed by atoms with Crippen molar-refractivity contribution in [1.82, 2.24) is 0 Å². The largest absolute Gasteiger partial charge is 0.480 e. The molecule has 0 aliphatic heterocycles. The summed E-state index contributed by atoms with van der Waals surface area (Å²) in [6.45, 7) is 0. The number of benzene rings is 1. The minimum Gasteiger partial charge on any atom is -0.480 e. The van der Waals surface area contributed by atoms with Gasteiger partial charge in [0.15, 0.2) is 5.78 Å². The van der Waals surface area contributed by atoms with Crippen LogP contribution in [0.15, 0.2) is 30.3 Å². The maximum atomic E-state index is 10.4. The second kappa shape index (κ2) is 9.88. The van der Waals surface area contributed by atoms with Crippen molar-refractivity contribution in [1.29, 1.82) is 0 Å². The highest BCUT2D eigenvalue weighted by atomic mass is 35.5. The second-order valence-electron chi connectivity index (χ2n) is 3.44. The minimum absolute atomic E-state index is 0.0312. The molecule has 1 atom stereocenters. The first-order valence-corrected chi connectivity index (χ1v) is 6.24. The van der Waals surface area contributed by atoms with E-state index in [2.05, 4.69) is 0 Å². The number of aliphatic carboxylic acids is 1. The Balaban J connectivity index is 0.000000411. The highest BCUT2D eigenvalue weighted by Gasteiger charge is 2.10. The van der Waals surface area contributed by atoms with Crippen LogP contribution >= 0.6 is 23.2 Å². The molecule has 1 aromatic rings. The van der Waals surface area contributed by atoms with Crippen LogP contribution in [0.1, 0.15) is 5.56 Å². The SMILES string of the molecule is NC(Cc1ccccc1)C(=O)O.O=C(CCl)CCl. The van der Waals surface area contributed by atoms with Crippen LogP contribution in [0.2, 0.25) is 0 Å². The van der Waals surface area contributed by atoms with E-state index < -0.39 is 12.0 Å². The first-order valence-electron chi connectivity index (χ1n) is 5.17. The zero-order valence-corrected chi connectivity index (χ0v) is 11.2. The highest BCUT2D eigenvalue weighted by Crippen LogP contribution is 2.01. The average Bonchev–Trinajstić information content (AvgIpc) is 2.39. The van der Waals surface area contributed by atoms with Gasteiger partial charge in [0, 0.05) is 0 Å². The molecular formula is C12H15Cl2NO3. The van der Waals surface area contributed by atoms with Crippen LogP contribution in [0, 0.1) is 0 Å². The van der Waals surface area contributed by atoms with Gasteiger partial charge in [0.1, 0.15) is 6.04 Å². The van der Waals surface area contributed by atoms with Crippen molar-refractivity contribution in [3.63, 3.8) is 0 Å². The summed E-state index contributed by atoms with van der Waals surface area (Å²) < 4.78 is 0. The van der Waals surface area contributed by atoms with E-state index in [4.69, 9.17) is 34.0 Å². The Morgan fingerprint density at radius 1 is 1.17 bits per heavy atom. The van der Waals surface area contributed by atoms with Crippen LogP contribution in [0.4, 0.5) is 0 Å². The van der Waals surface area contributed by atoms with Crippen molar-refractivity contribution < 1.29 is 14.7 Å². The van der Waals surface area contributed by atoms with Crippen molar-refractivity contribution in [2.24, 2.45) is 5.73 Å². The molecule has 0 aromatic heterocycles. The van der Waals surface area contributed by atoms with E-state index in [0.29, 0.717) is 6.42 Å². The molecule has 1 aromatic carbocycles. The maximum Gasteiger partial charge on any atom is 0.320 e. The van der Waals surface area contributed by atoms with Gasteiger partial charge in [-0.3, -0.25) is 9.59 Å². The number of Topliss-reactive ketones (excluding diaryl/α,β-unsaturated/α-hetero) is 1. The number of rotatable bonds is 5. The molecule has 0 heterocycles. The number of carboxylic acid groups (broad SMARTS) is 1. The van der Waals surface area contributed by atoms with E-state index in [9.17, 15) is 9.59 Å². The van der Waals surface area contributed by atoms with E-state index in [0.717, 1.165) is 5.56 Å². The van der Waals surface area contributed by atoms with Gasteiger partial charge in [-0.15, -0.1) is 23.2 Å². The molecule has 0 fully saturated rings. The number of ketones is 1. The minimum atomic E-state index is -0.959. The lowest BCUT2D eigenvalue weighted by molar-refractivity contribution is -0.138. The van der Waals surface area contributed by atoms with Gasteiger partial charge < -0.3 is 10.8 Å². The first-order chi connectivity index (χ1) is 8.51. The fourth-order valence-corrected chi connectivity index (χ4v) is 1.28.